The fourth-order valence-corrected chi connectivity index (χ4v) is 1.71. The van der Waals surface area contributed by atoms with Crippen LogP contribution in [0.25, 0.3) is 0 Å². The molecule has 0 bridgehead atoms. The van der Waals surface area contributed by atoms with Crippen molar-refractivity contribution in [2.45, 2.75) is 45.4 Å². The molecule has 20 heavy (non-hydrogen) atoms. The molecular formula is C17H24O3. The summed E-state index contributed by atoms with van der Waals surface area (Å²) in [6.07, 6.45) is 6.32. The van der Waals surface area contributed by atoms with Crippen LogP contribution in [0.4, 0.5) is 0 Å². The van der Waals surface area contributed by atoms with Gasteiger partial charge in [0.25, 0.3) is 6.47 Å². The minimum absolute atomic E-state index is 0.250. The lowest BCUT2D eigenvalue weighted by Crippen LogP contribution is -1.83. The molecule has 0 atom stereocenters. The SMILES string of the molecule is CCCc1ccc(C#CCCCCCO)cc1.O=CO. The Kier molecular flexibility index (Phi) is 12.4. The van der Waals surface area contributed by atoms with Gasteiger partial charge in [-0.25, -0.2) is 0 Å². The molecule has 1 aromatic carbocycles. The number of unbranched alkanes of at least 4 members (excludes halogenated alkanes) is 3. The number of aliphatic hydroxyl groups excluding tert-OH is 1. The first kappa shape index (κ1) is 18.2. The van der Waals surface area contributed by atoms with Gasteiger partial charge in [0.15, 0.2) is 0 Å². The predicted octanol–water partition coefficient (Wildman–Crippen LogP) is 3.24. The van der Waals surface area contributed by atoms with Crippen LogP contribution in [0.5, 0.6) is 0 Å². The smallest absolute Gasteiger partial charge is 0.290 e. The van der Waals surface area contributed by atoms with Gasteiger partial charge in [0.05, 0.1) is 0 Å². The van der Waals surface area contributed by atoms with E-state index in [2.05, 4.69) is 43.0 Å². The van der Waals surface area contributed by atoms with Gasteiger partial charge in [-0.05, 0) is 37.0 Å². The molecule has 1 aromatic rings. The minimum Gasteiger partial charge on any atom is -0.483 e. The number of rotatable bonds is 6. The fourth-order valence-electron chi connectivity index (χ4n) is 1.71. The second-order valence-corrected chi connectivity index (χ2v) is 4.39. The highest BCUT2D eigenvalue weighted by molar-refractivity contribution is 5.36. The lowest BCUT2D eigenvalue weighted by Gasteiger charge is -1.97. The first-order valence-electron chi connectivity index (χ1n) is 7.05. The van der Waals surface area contributed by atoms with E-state index in [4.69, 9.17) is 15.0 Å². The molecule has 0 radical (unpaired) electrons. The normalized spacial score (nSPS) is 8.90. The van der Waals surface area contributed by atoms with Crippen molar-refractivity contribution in [3.05, 3.63) is 35.4 Å². The second-order valence-electron chi connectivity index (χ2n) is 4.39. The first-order valence-corrected chi connectivity index (χ1v) is 7.05. The molecule has 3 heteroatoms. The molecule has 0 saturated carbocycles. The quantitative estimate of drug-likeness (QED) is 0.476. The summed E-state index contributed by atoms with van der Waals surface area (Å²) in [5.41, 5.74) is 2.49. The predicted molar refractivity (Wildman–Crippen MR) is 81.6 cm³/mol. The molecule has 0 aromatic heterocycles. The maximum Gasteiger partial charge on any atom is 0.290 e. The van der Waals surface area contributed by atoms with Gasteiger partial charge in [-0.1, -0.05) is 43.7 Å². The molecule has 0 aliphatic rings. The van der Waals surface area contributed by atoms with Crippen molar-refractivity contribution >= 4 is 6.47 Å². The van der Waals surface area contributed by atoms with E-state index < -0.39 is 0 Å². The van der Waals surface area contributed by atoms with Crippen LogP contribution in [0.1, 0.15) is 50.2 Å². The van der Waals surface area contributed by atoms with Crippen molar-refractivity contribution < 1.29 is 15.0 Å². The van der Waals surface area contributed by atoms with Crippen LogP contribution in [0.15, 0.2) is 24.3 Å². The summed E-state index contributed by atoms with van der Waals surface area (Å²) in [5, 5.41) is 15.5. The van der Waals surface area contributed by atoms with E-state index in [1.807, 2.05) is 0 Å². The van der Waals surface area contributed by atoms with Crippen LogP contribution in [0, 0.1) is 11.8 Å². The molecule has 0 heterocycles. The number of hydrogen-bond donors (Lipinski definition) is 2. The fraction of sp³-hybridized carbons (Fsp3) is 0.471. The van der Waals surface area contributed by atoms with E-state index in [1.165, 1.54) is 12.0 Å². The zero-order valence-electron chi connectivity index (χ0n) is 12.1. The summed E-state index contributed by atoms with van der Waals surface area (Å²) in [5.74, 6) is 6.36. The van der Waals surface area contributed by atoms with Crippen molar-refractivity contribution in [2.24, 2.45) is 0 Å². The minimum atomic E-state index is -0.250. The Labute approximate surface area is 121 Å². The molecule has 0 unspecified atom stereocenters. The average Bonchev–Trinajstić information content (AvgIpc) is 2.46. The lowest BCUT2D eigenvalue weighted by molar-refractivity contribution is -0.122. The van der Waals surface area contributed by atoms with Gasteiger partial charge < -0.3 is 10.2 Å². The van der Waals surface area contributed by atoms with E-state index in [-0.39, 0.29) is 6.47 Å². The molecule has 0 aliphatic heterocycles. The highest BCUT2D eigenvalue weighted by Gasteiger charge is 1.90. The molecule has 0 saturated heterocycles. The van der Waals surface area contributed by atoms with Gasteiger partial charge in [-0.2, -0.15) is 0 Å². The molecule has 2 N–H and O–H groups in total. The maximum absolute atomic E-state index is 8.63. The lowest BCUT2D eigenvalue weighted by atomic mass is 10.1. The average molecular weight is 276 g/mol. The van der Waals surface area contributed by atoms with Crippen molar-refractivity contribution in [2.75, 3.05) is 6.61 Å². The van der Waals surface area contributed by atoms with E-state index in [0.717, 1.165) is 37.7 Å². The summed E-state index contributed by atoms with van der Waals surface area (Å²) in [6, 6.07) is 8.54. The third kappa shape index (κ3) is 10.2. The van der Waals surface area contributed by atoms with Crippen LogP contribution in [-0.4, -0.2) is 23.3 Å². The number of benzene rings is 1. The van der Waals surface area contributed by atoms with E-state index in [9.17, 15) is 0 Å². The zero-order chi connectivity index (χ0) is 15.1. The summed E-state index contributed by atoms with van der Waals surface area (Å²) in [7, 11) is 0. The zero-order valence-corrected chi connectivity index (χ0v) is 12.1. The van der Waals surface area contributed by atoms with Crippen molar-refractivity contribution in [1.82, 2.24) is 0 Å². The van der Waals surface area contributed by atoms with E-state index in [0.29, 0.717) is 6.61 Å². The third-order valence-corrected chi connectivity index (χ3v) is 2.69. The number of hydrogen-bond acceptors (Lipinski definition) is 2. The molecule has 0 fully saturated rings. The molecule has 1 rings (SSSR count). The maximum atomic E-state index is 8.63. The molecule has 0 amide bonds. The van der Waals surface area contributed by atoms with Crippen LogP contribution < -0.4 is 0 Å². The number of carboxylic acid groups (broad SMARTS) is 1. The molecule has 3 nitrogen and oxygen atoms in total. The largest absolute Gasteiger partial charge is 0.483 e. The van der Waals surface area contributed by atoms with Gasteiger partial charge >= 0.3 is 0 Å². The first-order chi connectivity index (χ1) is 9.78. The molecule has 0 spiro atoms. The Morgan fingerprint density at radius 1 is 1.15 bits per heavy atom. The Balaban J connectivity index is 0.00000110. The summed E-state index contributed by atoms with van der Waals surface area (Å²) in [6.45, 7) is 2.24. The summed E-state index contributed by atoms with van der Waals surface area (Å²) in [4.78, 5) is 8.36. The highest BCUT2D eigenvalue weighted by Crippen LogP contribution is 2.06. The van der Waals surface area contributed by atoms with Crippen molar-refractivity contribution in [3.8, 4) is 11.8 Å². The second kappa shape index (κ2) is 13.6. The summed E-state index contributed by atoms with van der Waals surface area (Å²) < 4.78 is 0. The van der Waals surface area contributed by atoms with Crippen LogP contribution >= 0.6 is 0 Å². The summed E-state index contributed by atoms with van der Waals surface area (Å²) >= 11 is 0. The van der Waals surface area contributed by atoms with Crippen LogP contribution in [0.3, 0.4) is 0 Å². The Bertz CT molecular complexity index is 398. The highest BCUT2D eigenvalue weighted by atomic mass is 16.3. The number of aliphatic hydroxyl groups is 1. The van der Waals surface area contributed by atoms with Gasteiger partial charge in [0.2, 0.25) is 0 Å². The van der Waals surface area contributed by atoms with E-state index in [1.54, 1.807) is 0 Å². The van der Waals surface area contributed by atoms with Crippen LogP contribution in [0.2, 0.25) is 0 Å². The number of aryl methyl sites for hydroxylation is 1. The van der Waals surface area contributed by atoms with Gasteiger partial charge in [0.1, 0.15) is 0 Å². The Morgan fingerprint density at radius 3 is 2.35 bits per heavy atom. The standard InChI is InChI=1S/C16H22O.CH2O2/c1-2-8-15-10-12-16(13-11-15)9-6-4-3-5-7-14-17;2-1-3/h10-13,17H,2-5,7-8,14H2,1H3;1H,(H,2,3). The monoisotopic (exact) mass is 276 g/mol. The molecule has 0 aliphatic carbocycles. The van der Waals surface area contributed by atoms with Gasteiger partial charge in [-0.3, -0.25) is 4.79 Å². The van der Waals surface area contributed by atoms with Gasteiger partial charge in [-0.15, -0.1) is 0 Å². The van der Waals surface area contributed by atoms with Crippen LogP contribution in [-0.2, 0) is 11.2 Å². The Hall–Kier alpha value is -1.79. The van der Waals surface area contributed by atoms with Crippen molar-refractivity contribution in [3.63, 3.8) is 0 Å². The molecular weight excluding hydrogens is 252 g/mol. The van der Waals surface area contributed by atoms with Gasteiger partial charge in [0, 0.05) is 18.6 Å². The van der Waals surface area contributed by atoms with Crippen molar-refractivity contribution in [1.29, 1.82) is 0 Å². The number of carbonyl (C=O) groups is 1. The third-order valence-electron chi connectivity index (χ3n) is 2.69. The van der Waals surface area contributed by atoms with E-state index >= 15 is 0 Å². The Morgan fingerprint density at radius 2 is 1.80 bits per heavy atom. The topological polar surface area (TPSA) is 57.5 Å². The molecule has 110 valence electrons.